The van der Waals surface area contributed by atoms with Gasteiger partial charge in [0, 0.05) is 13.0 Å². The highest BCUT2D eigenvalue weighted by Crippen LogP contribution is 2.22. The van der Waals surface area contributed by atoms with Crippen LogP contribution in [0.5, 0.6) is 0 Å². The van der Waals surface area contributed by atoms with Gasteiger partial charge in [-0.25, -0.2) is 4.98 Å². The van der Waals surface area contributed by atoms with E-state index in [0.29, 0.717) is 0 Å². The summed E-state index contributed by atoms with van der Waals surface area (Å²) in [7, 11) is 2.18. The molecule has 0 unspecified atom stereocenters. The number of rotatable bonds is 6. The van der Waals surface area contributed by atoms with Gasteiger partial charge in [-0.05, 0) is 57.8 Å². The molecular formula is C20H27N3OS. The third kappa shape index (κ3) is 5.13. The third-order valence-electron chi connectivity index (χ3n) is 4.92. The molecule has 25 heavy (non-hydrogen) atoms. The van der Waals surface area contributed by atoms with E-state index in [0.717, 1.165) is 40.9 Å². The van der Waals surface area contributed by atoms with Crippen LogP contribution in [0.15, 0.2) is 30.3 Å². The van der Waals surface area contributed by atoms with Gasteiger partial charge in [0.2, 0.25) is 0 Å². The lowest BCUT2D eigenvalue weighted by molar-refractivity contribution is 0.0952. The molecule has 1 aliphatic rings. The second-order valence-corrected chi connectivity index (χ2v) is 8.06. The van der Waals surface area contributed by atoms with Crippen molar-refractivity contribution in [3.8, 4) is 0 Å². The van der Waals surface area contributed by atoms with E-state index in [-0.39, 0.29) is 5.91 Å². The number of carbonyl (C=O) groups excluding carboxylic acids is 1. The summed E-state index contributed by atoms with van der Waals surface area (Å²) in [4.78, 5) is 20.2. The first kappa shape index (κ1) is 18.1. The van der Waals surface area contributed by atoms with Crippen LogP contribution in [0.25, 0.3) is 0 Å². The lowest BCUT2D eigenvalue weighted by Gasteiger charge is -2.28. The van der Waals surface area contributed by atoms with E-state index in [2.05, 4.69) is 34.4 Å². The molecule has 0 radical (unpaired) electrons. The van der Waals surface area contributed by atoms with E-state index < -0.39 is 0 Å². The number of aromatic nitrogens is 1. The predicted octanol–water partition coefficient (Wildman–Crippen LogP) is 3.50. The smallest absolute Gasteiger partial charge is 0.263 e. The summed E-state index contributed by atoms with van der Waals surface area (Å²) in [5.74, 6) is 0.773. The standard InChI is InChI=1S/C20H27N3OS/c1-15-19(25-18(22-15)14-17-6-4-3-5-7-17)20(24)21-11-8-16-9-12-23(2)13-10-16/h3-7,16H,8-14H2,1-2H3,(H,21,24). The molecule has 5 heteroatoms. The average Bonchev–Trinajstić information content (AvgIpc) is 2.98. The van der Waals surface area contributed by atoms with Crippen LogP contribution in [0.3, 0.4) is 0 Å². The number of nitrogens with zero attached hydrogens (tertiary/aromatic N) is 2. The molecule has 1 amide bonds. The Morgan fingerprint density at radius 3 is 2.72 bits per heavy atom. The number of carbonyl (C=O) groups is 1. The number of hydrogen-bond donors (Lipinski definition) is 1. The molecule has 3 rings (SSSR count). The van der Waals surface area contributed by atoms with Crippen molar-refractivity contribution in [2.24, 2.45) is 5.92 Å². The van der Waals surface area contributed by atoms with Gasteiger partial charge in [-0.2, -0.15) is 0 Å². The summed E-state index contributed by atoms with van der Waals surface area (Å²) in [6, 6.07) is 10.3. The zero-order valence-corrected chi connectivity index (χ0v) is 15.9. The minimum atomic E-state index is 0.0299. The fourth-order valence-electron chi connectivity index (χ4n) is 3.33. The van der Waals surface area contributed by atoms with Gasteiger partial charge in [-0.1, -0.05) is 30.3 Å². The summed E-state index contributed by atoms with van der Waals surface area (Å²) in [5, 5.41) is 4.10. The number of likely N-dealkylation sites (tertiary alicyclic amines) is 1. The van der Waals surface area contributed by atoms with Gasteiger partial charge in [0.25, 0.3) is 5.91 Å². The van der Waals surface area contributed by atoms with Gasteiger partial charge in [0.15, 0.2) is 0 Å². The zero-order valence-electron chi connectivity index (χ0n) is 15.1. The van der Waals surface area contributed by atoms with Crippen LogP contribution in [-0.2, 0) is 6.42 Å². The van der Waals surface area contributed by atoms with Crippen molar-refractivity contribution in [3.05, 3.63) is 51.5 Å². The van der Waals surface area contributed by atoms with Gasteiger partial charge in [0.1, 0.15) is 4.88 Å². The molecule has 1 fully saturated rings. The Morgan fingerprint density at radius 1 is 1.28 bits per heavy atom. The summed E-state index contributed by atoms with van der Waals surface area (Å²) >= 11 is 1.52. The molecule has 4 nitrogen and oxygen atoms in total. The Hall–Kier alpha value is -1.72. The third-order valence-corrected chi connectivity index (χ3v) is 6.08. The van der Waals surface area contributed by atoms with Gasteiger partial charge in [-0.3, -0.25) is 4.79 Å². The first-order valence-corrected chi connectivity index (χ1v) is 9.90. The van der Waals surface area contributed by atoms with Crippen molar-refractivity contribution in [2.75, 3.05) is 26.7 Å². The molecule has 0 aliphatic carbocycles. The number of piperidine rings is 1. The maximum atomic E-state index is 12.5. The minimum absolute atomic E-state index is 0.0299. The number of benzene rings is 1. The van der Waals surface area contributed by atoms with Crippen LogP contribution in [0.4, 0.5) is 0 Å². The quantitative estimate of drug-likeness (QED) is 0.860. The lowest BCUT2D eigenvalue weighted by atomic mass is 9.94. The van der Waals surface area contributed by atoms with Crippen molar-refractivity contribution in [3.63, 3.8) is 0 Å². The van der Waals surface area contributed by atoms with E-state index in [1.54, 1.807) is 0 Å². The van der Waals surface area contributed by atoms with Crippen LogP contribution in [0, 0.1) is 12.8 Å². The van der Waals surface area contributed by atoms with Crippen molar-refractivity contribution in [2.45, 2.75) is 32.6 Å². The maximum absolute atomic E-state index is 12.5. The maximum Gasteiger partial charge on any atom is 0.263 e. The Balaban J connectivity index is 1.50. The molecule has 1 aromatic heterocycles. The highest BCUT2D eigenvalue weighted by atomic mass is 32.1. The monoisotopic (exact) mass is 357 g/mol. The normalized spacial score (nSPS) is 16.1. The van der Waals surface area contributed by atoms with Crippen LogP contribution < -0.4 is 5.32 Å². The molecule has 1 aliphatic heterocycles. The first-order chi connectivity index (χ1) is 12.1. The fourth-order valence-corrected chi connectivity index (χ4v) is 4.35. The largest absolute Gasteiger partial charge is 0.351 e. The van der Waals surface area contributed by atoms with Crippen molar-refractivity contribution in [1.82, 2.24) is 15.2 Å². The van der Waals surface area contributed by atoms with E-state index >= 15 is 0 Å². The molecule has 0 saturated carbocycles. The van der Waals surface area contributed by atoms with Crippen molar-refractivity contribution >= 4 is 17.2 Å². The van der Waals surface area contributed by atoms with Crippen LogP contribution in [0.2, 0.25) is 0 Å². The fraction of sp³-hybridized carbons (Fsp3) is 0.500. The molecule has 0 atom stereocenters. The number of amides is 1. The van der Waals surface area contributed by atoms with Gasteiger partial charge in [-0.15, -0.1) is 11.3 Å². The molecule has 2 heterocycles. The zero-order chi connectivity index (χ0) is 17.6. The highest BCUT2D eigenvalue weighted by molar-refractivity contribution is 7.13. The van der Waals surface area contributed by atoms with E-state index in [1.807, 2.05) is 25.1 Å². The number of hydrogen-bond acceptors (Lipinski definition) is 4. The Kier molecular flexibility index (Phi) is 6.21. The molecular weight excluding hydrogens is 330 g/mol. The summed E-state index contributed by atoms with van der Waals surface area (Å²) in [6.07, 6.45) is 4.35. The van der Waals surface area contributed by atoms with Gasteiger partial charge < -0.3 is 10.2 Å². The Bertz CT molecular complexity index is 690. The molecule has 1 N–H and O–H groups in total. The summed E-state index contributed by atoms with van der Waals surface area (Å²) in [5.41, 5.74) is 2.07. The van der Waals surface area contributed by atoms with Gasteiger partial charge in [0.05, 0.1) is 10.7 Å². The molecule has 2 aromatic rings. The molecule has 0 spiro atoms. The molecule has 134 valence electrons. The number of thiazole rings is 1. The molecule has 1 aromatic carbocycles. The highest BCUT2D eigenvalue weighted by Gasteiger charge is 2.18. The SMILES string of the molecule is Cc1nc(Cc2ccccc2)sc1C(=O)NCCC1CCN(C)CC1. The predicted molar refractivity (Wildman–Crippen MR) is 103 cm³/mol. The lowest BCUT2D eigenvalue weighted by Crippen LogP contribution is -2.32. The van der Waals surface area contributed by atoms with E-state index in [4.69, 9.17) is 0 Å². The average molecular weight is 358 g/mol. The van der Waals surface area contributed by atoms with E-state index in [1.165, 1.54) is 42.8 Å². The first-order valence-electron chi connectivity index (χ1n) is 9.09. The number of nitrogens with one attached hydrogen (secondary N) is 1. The second-order valence-electron chi connectivity index (χ2n) is 6.98. The van der Waals surface area contributed by atoms with E-state index in [9.17, 15) is 4.79 Å². The minimum Gasteiger partial charge on any atom is -0.351 e. The summed E-state index contributed by atoms with van der Waals surface area (Å²) < 4.78 is 0. The topological polar surface area (TPSA) is 45.2 Å². The Labute approximate surface area is 154 Å². The van der Waals surface area contributed by atoms with Gasteiger partial charge >= 0.3 is 0 Å². The van der Waals surface area contributed by atoms with Crippen LogP contribution in [0.1, 0.15) is 45.2 Å². The van der Waals surface area contributed by atoms with Crippen LogP contribution in [-0.4, -0.2) is 42.5 Å². The molecule has 1 saturated heterocycles. The molecule has 0 bridgehead atoms. The second kappa shape index (κ2) is 8.59. The van der Waals surface area contributed by atoms with Crippen molar-refractivity contribution < 1.29 is 4.79 Å². The number of aryl methyl sites for hydroxylation is 1. The van der Waals surface area contributed by atoms with Crippen LogP contribution >= 0.6 is 11.3 Å². The Morgan fingerprint density at radius 2 is 2.00 bits per heavy atom. The van der Waals surface area contributed by atoms with Crippen molar-refractivity contribution in [1.29, 1.82) is 0 Å². The summed E-state index contributed by atoms with van der Waals surface area (Å²) in [6.45, 7) is 5.04.